The molecule has 116 valence electrons. The summed E-state index contributed by atoms with van der Waals surface area (Å²) in [5.41, 5.74) is 5.84. The van der Waals surface area contributed by atoms with E-state index in [1.54, 1.807) is 12.1 Å². The fraction of sp³-hybridized carbons (Fsp3) is 0.429. The molecule has 0 aliphatic rings. The van der Waals surface area contributed by atoms with E-state index in [1.165, 1.54) is 27.1 Å². The number of sulfonamides is 1. The Morgan fingerprint density at radius 1 is 1.48 bits per heavy atom. The molecular formula is C14H20N2O4S. The molecule has 1 unspecified atom stereocenters. The molecule has 0 aromatic heterocycles. The quantitative estimate of drug-likeness (QED) is 0.747. The van der Waals surface area contributed by atoms with Crippen molar-refractivity contribution in [1.82, 2.24) is 4.31 Å². The summed E-state index contributed by atoms with van der Waals surface area (Å²) >= 11 is 0. The lowest BCUT2D eigenvalue weighted by Crippen LogP contribution is -2.33. The minimum absolute atomic E-state index is 0.00973. The molecule has 0 radical (unpaired) electrons. The molecule has 1 atom stereocenters. The summed E-state index contributed by atoms with van der Waals surface area (Å²) in [4.78, 5) is 0.0111. The monoisotopic (exact) mass is 312 g/mol. The summed E-state index contributed by atoms with van der Waals surface area (Å²) < 4.78 is 31.3. The highest BCUT2D eigenvalue weighted by atomic mass is 32.2. The molecule has 0 bridgehead atoms. The number of rotatable bonds is 5. The highest BCUT2D eigenvalue weighted by Crippen LogP contribution is 2.27. The van der Waals surface area contributed by atoms with E-state index < -0.39 is 16.1 Å². The molecule has 21 heavy (non-hydrogen) atoms. The zero-order chi connectivity index (χ0) is 16.0. The van der Waals surface area contributed by atoms with Crippen LogP contribution in [0.1, 0.15) is 12.5 Å². The van der Waals surface area contributed by atoms with Gasteiger partial charge in [-0.1, -0.05) is 11.8 Å². The van der Waals surface area contributed by atoms with Crippen molar-refractivity contribution < 1.29 is 18.3 Å². The van der Waals surface area contributed by atoms with Gasteiger partial charge < -0.3 is 15.6 Å². The van der Waals surface area contributed by atoms with Crippen LogP contribution in [0.4, 0.5) is 0 Å². The maximum absolute atomic E-state index is 12.5. The Kier molecular flexibility index (Phi) is 6.18. The third kappa shape index (κ3) is 4.44. The van der Waals surface area contributed by atoms with Crippen molar-refractivity contribution in [3.8, 4) is 17.6 Å². The second kappa shape index (κ2) is 7.43. The van der Waals surface area contributed by atoms with Crippen molar-refractivity contribution in [3.05, 3.63) is 23.8 Å². The lowest BCUT2D eigenvalue weighted by molar-refractivity contribution is 0.171. The van der Waals surface area contributed by atoms with Gasteiger partial charge in [0.05, 0.1) is 19.8 Å². The Hall–Kier alpha value is -1.59. The van der Waals surface area contributed by atoms with Crippen LogP contribution in [0.25, 0.3) is 0 Å². The van der Waals surface area contributed by atoms with Gasteiger partial charge in [0, 0.05) is 19.2 Å². The molecule has 0 aliphatic carbocycles. The molecule has 1 rings (SSSR count). The number of aliphatic hydroxyl groups excluding tert-OH is 1. The molecule has 0 spiro atoms. The van der Waals surface area contributed by atoms with Crippen LogP contribution < -0.4 is 10.5 Å². The topological polar surface area (TPSA) is 92.9 Å². The standard InChI is InChI=1S/C14H20N2O4S/c1-11(17)10-16(2)21(18,19)14-9-12(5-4-8-15)6-7-13(14)20-3/h6-7,9,11,17H,8,10,15H2,1-3H3. The Morgan fingerprint density at radius 3 is 2.67 bits per heavy atom. The number of ether oxygens (including phenoxy) is 1. The van der Waals surface area contributed by atoms with Gasteiger partial charge in [-0.25, -0.2) is 8.42 Å². The van der Waals surface area contributed by atoms with Gasteiger partial charge in [0.15, 0.2) is 0 Å². The molecule has 0 amide bonds. The highest BCUT2D eigenvalue weighted by molar-refractivity contribution is 7.89. The first-order valence-corrected chi connectivity index (χ1v) is 7.78. The highest BCUT2D eigenvalue weighted by Gasteiger charge is 2.25. The summed E-state index contributed by atoms with van der Waals surface area (Å²) in [6.45, 7) is 1.70. The van der Waals surface area contributed by atoms with Crippen LogP contribution in [0, 0.1) is 11.8 Å². The van der Waals surface area contributed by atoms with Crippen molar-refractivity contribution in [1.29, 1.82) is 0 Å². The van der Waals surface area contributed by atoms with E-state index in [-0.39, 0.29) is 23.7 Å². The fourth-order valence-electron chi connectivity index (χ4n) is 1.75. The minimum atomic E-state index is -3.78. The zero-order valence-corrected chi connectivity index (χ0v) is 13.1. The van der Waals surface area contributed by atoms with Gasteiger partial charge in [-0.2, -0.15) is 4.31 Å². The number of nitrogens with zero attached hydrogens (tertiary/aromatic N) is 1. The molecule has 0 saturated heterocycles. The van der Waals surface area contributed by atoms with E-state index in [1.807, 2.05) is 0 Å². The van der Waals surface area contributed by atoms with Gasteiger partial charge in [0.2, 0.25) is 10.0 Å². The van der Waals surface area contributed by atoms with E-state index in [0.717, 1.165) is 4.31 Å². The Labute approximate surface area is 125 Å². The zero-order valence-electron chi connectivity index (χ0n) is 12.3. The van der Waals surface area contributed by atoms with E-state index in [9.17, 15) is 13.5 Å². The van der Waals surface area contributed by atoms with Crippen LogP contribution in [0.15, 0.2) is 23.1 Å². The van der Waals surface area contributed by atoms with Crippen LogP contribution in [-0.4, -0.2) is 51.2 Å². The molecule has 0 saturated carbocycles. The van der Waals surface area contributed by atoms with Crippen molar-refractivity contribution in [2.45, 2.75) is 17.9 Å². The summed E-state index contributed by atoms with van der Waals surface area (Å²) in [6.07, 6.45) is -0.768. The molecule has 6 nitrogen and oxygen atoms in total. The smallest absolute Gasteiger partial charge is 0.246 e. The van der Waals surface area contributed by atoms with E-state index in [2.05, 4.69) is 11.8 Å². The lowest BCUT2D eigenvalue weighted by Gasteiger charge is -2.20. The fourth-order valence-corrected chi connectivity index (χ4v) is 3.18. The molecule has 0 heterocycles. The number of benzene rings is 1. The predicted molar refractivity (Wildman–Crippen MR) is 80.4 cm³/mol. The van der Waals surface area contributed by atoms with Gasteiger partial charge in [-0.15, -0.1) is 0 Å². The van der Waals surface area contributed by atoms with Gasteiger partial charge in [-0.05, 0) is 25.1 Å². The van der Waals surface area contributed by atoms with Gasteiger partial charge in [0.25, 0.3) is 0 Å². The first-order chi connectivity index (χ1) is 9.82. The molecule has 7 heteroatoms. The average molecular weight is 312 g/mol. The molecule has 0 fully saturated rings. The Balaban J connectivity index is 3.31. The van der Waals surface area contributed by atoms with Crippen LogP contribution in [0.3, 0.4) is 0 Å². The maximum Gasteiger partial charge on any atom is 0.246 e. The summed E-state index contributed by atoms with van der Waals surface area (Å²) in [5.74, 6) is 5.68. The van der Waals surface area contributed by atoms with E-state index in [4.69, 9.17) is 10.5 Å². The first-order valence-electron chi connectivity index (χ1n) is 6.34. The van der Waals surface area contributed by atoms with E-state index in [0.29, 0.717) is 5.56 Å². The maximum atomic E-state index is 12.5. The third-order valence-electron chi connectivity index (χ3n) is 2.71. The molecule has 0 aliphatic heterocycles. The number of nitrogens with two attached hydrogens (primary N) is 1. The van der Waals surface area contributed by atoms with Gasteiger partial charge in [0.1, 0.15) is 10.6 Å². The second-order valence-electron chi connectivity index (χ2n) is 4.51. The number of likely N-dealkylation sites (N-methyl/N-ethyl adjacent to an activating group) is 1. The van der Waals surface area contributed by atoms with Crippen LogP contribution in [0.5, 0.6) is 5.75 Å². The molecule has 1 aromatic carbocycles. The Morgan fingerprint density at radius 2 is 2.14 bits per heavy atom. The predicted octanol–water partition coefficient (Wildman–Crippen LogP) is 0.00670. The normalized spacial score (nSPS) is 12.7. The van der Waals surface area contributed by atoms with Crippen LogP contribution in [0.2, 0.25) is 0 Å². The first kappa shape index (κ1) is 17.5. The summed E-state index contributed by atoms with van der Waals surface area (Å²) in [5, 5.41) is 9.36. The SMILES string of the molecule is COc1ccc(C#CCN)cc1S(=O)(=O)N(C)CC(C)O. The van der Waals surface area contributed by atoms with Crippen molar-refractivity contribution >= 4 is 10.0 Å². The number of methoxy groups -OCH3 is 1. The average Bonchev–Trinajstić information content (AvgIpc) is 2.44. The second-order valence-corrected chi connectivity index (χ2v) is 6.52. The largest absolute Gasteiger partial charge is 0.495 e. The third-order valence-corrected chi connectivity index (χ3v) is 4.55. The number of hydrogen-bond donors (Lipinski definition) is 2. The minimum Gasteiger partial charge on any atom is -0.495 e. The van der Waals surface area contributed by atoms with Crippen molar-refractivity contribution in [3.63, 3.8) is 0 Å². The molecule has 3 N–H and O–H groups in total. The van der Waals surface area contributed by atoms with Crippen molar-refractivity contribution in [2.24, 2.45) is 5.73 Å². The molecule has 1 aromatic rings. The van der Waals surface area contributed by atoms with Crippen LogP contribution in [-0.2, 0) is 10.0 Å². The van der Waals surface area contributed by atoms with Gasteiger partial charge >= 0.3 is 0 Å². The van der Waals surface area contributed by atoms with Crippen molar-refractivity contribution in [2.75, 3.05) is 27.2 Å². The summed E-state index contributed by atoms with van der Waals surface area (Å²) in [6, 6.07) is 4.65. The number of aliphatic hydroxyl groups is 1. The molecular weight excluding hydrogens is 292 g/mol. The van der Waals surface area contributed by atoms with Gasteiger partial charge in [-0.3, -0.25) is 0 Å². The lowest BCUT2D eigenvalue weighted by atomic mass is 10.2. The van der Waals surface area contributed by atoms with Crippen LogP contribution >= 0.6 is 0 Å². The number of hydrogen-bond acceptors (Lipinski definition) is 5. The van der Waals surface area contributed by atoms with E-state index >= 15 is 0 Å². The Bertz CT molecular complexity index is 645. The summed E-state index contributed by atoms with van der Waals surface area (Å²) in [7, 11) is -0.975.